The summed E-state index contributed by atoms with van der Waals surface area (Å²) in [7, 11) is 0. The first kappa shape index (κ1) is 15.8. The zero-order chi connectivity index (χ0) is 17.0. The largest absolute Gasteiger partial charge is 0.466 e. The molecule has 0 spiro atoms. The second-order valence-electron chi connectivity index (χ2n) is 6.89. The lowest BCUT2D eigenvalue weighted by molar-refractivity contribution is -0.145. The molecule has 130 valence electrons. The van der Waals surface area contributed by atoms with Gasteiger partial charge in [-0.1, -0.05) is 11.6 Å². The van der Waals surface area contributed by atoms with Gasteiger partial charge in [-0.15, -0.1) is 0 Å². The summed E-state index contributed by atoms with van der Waals surface area (Å²) >= 11 is 0. The van der Waals surface area contributed by atoms with Gasteiger partial charge in [-0.05, 0) is 19.8 Å². The van der Waals surface area contributed by atoms with Crippen LogP contribution in [0.25, 0.3) is 0 Å². The van der Waals surface area contributed by atoms with Crippen LogP contribution in [0.1, 0.15) is 26.2 Å². The number of rotatable bonds is 4. The van der Waals surface area contributed by atoms with E-state index in [9.17, 15) is 19.5 Å². The number of ether oxygens (including phenoxy) is 2. The lowest BCUT2D eigenvalue weighted by Gasteiger charge is -2.36. The summed E-state index contributed by atoms with van der Waals surface area (Å²) in [6.45, 7) is 2.03. The monoisotopic (exact) mass is 335 g/mol. The van der Waals surface area contributed by atoms with E-state index in [0.717, 1.165) is 12.0 Å². The molecule has 3 fully saturated rings. The molecule has 7 heteroatoms. The maximum absolute atomic E-state index is 12.8. The van der Waals surface area contributed by atoms with Crippen molar-refractivity contribution in [3.05, 3.63) is 11.6 Å². The Balaban J connectivity index is 1.52. The van der Waals surface area contributed by atoms with E-state index in [4.69, 9.17) is 9.47 Å². The van der Waals surface area contributed by atoms with Crippen molar-refractivity contribution in [3.63, 3.8) is 0 Å². The lowest BCUT2D eigenvalue weighted by Crippen LogP contribution is -2.44. The summed E-state index contributed by atoms with van der Waals surface area (Å²) in [4.78, 5) is 38.1. The minimum atomic E-state index is -0.732. The first-order valence-corrected chi connectivity index (χ1v) is 8.56. The average Bonchev–Trinajstić information content (AvgIpc) is 3.29. The number of fused-ring (bicyclic) bond motifs is 4. The SMILES string of the molecule is CCOC(=O)CCN1C(=O)[C@H]2[C@@H]3C(=CC[C@H]2C1=O)C[C@H]1O[C@H]1[C@H]3O. The highest BCUT2D eigenvalue weighted by molar-refractivity contribution is 6.06. The fourth-order valence-electron chi connectivity index (χ4n) is 4.48. The minimum absolute atomic E-state index is 0.00603. The Morgan fingerprint density at radius 3 is 2.92 bits per heavy atom. The molecule has 2 heterocycles. The van der Waals surface area contributed by atoms with Crippen LogP contribution in [0, 0.1) is 17.8 Å². The quantitative estimate of drug-likeness (QED) is 0.337. The van der Waals surface area contributed by atoms with Crippen molar-refractivity contribution in [1.29, 1.82) is 0 Å². The van der Waals surface area contributed by atoms with Gasteiger partial charge in [-0.3, -0.25) is 19.3 Å². The van der Waals surface area contributed by atoms with E-state index in [1.54, 1.807) is 6.92 Å². The molecule has 2 aliphatic heterocycles. The number of nitrogens with zero attached hydrogens (tertiary/aromatic N) is 1. The summed E-state index contributed by atoms with van der Waals surface area (Å²) in [6.07, 6.45) is 2.37. The van der Waals surface area contributed by atoms with E-state index in [2.05, 4.69) is 0 Å². The first-order valence-electron chi connectivity index (χ1n) is 8.56. The van der Waals surface area contributed by atoms with Gasteiger partial charge in [0.1, 0.15) is 6.10 Å². The number of carbonyl (C=O) groups is 3. The highest BCUT2D eigenvalue weighted by atomic mass is 16.6. The maximum Gasteiger partial charge on any atom is 0.307 e. The lowest BCUT2D eigenvalue weighted by atomic mass is 9.66. The molecule has 0 aromatic heterocycles. The number of hydrogen-bond acceptors (Lipinski definition) is 6. The van der Waals surface area contributed by atoms with E-state index in [1.165, 1.54) is 4.90 Å². The van der Waals surface area contributed by atoms with Crippen molar-refractivity contribution < 1.29 is 29.0 Å². The zero-order valence-electron chi connectivity index (χ0n) is 13.5. The van der Waals surface area contributed by atoms with Gasteiger partial charge < -0.3 is 14.6 Å². The summed E-state index contributed by atoms with van der Waals surface area (Å²) in [5.74, 6) is -2.23. The highest BCUT2D eigenvalue weighted by Gasteiger charge is 2.61. The van der Waals surface area contributed by atoms with Crippen molar-refractivity contribution in [2.24, 2.45) is 17.8 Å². The van der Waals surface area contributed by atoms with Crippen LogP contribution in [0.4, 0.5) is 0 Å². The Morgan fingerprint density at radius 1 is 1.38 bits per heavy atom. The third-order valence-electron chi connectivity index (χ3n) is 5.62. The predicted octanol–water partition coefficient (Wildman–Crippen LogP) is 0.0191. The van der Waals surface area contributed by atoms with Gasteiger partial charge in [0.05, 0.1) is 37.1 Å². The summed E-state index contributed by atoms with van der Waals surface area (Å²) in [5, 5.41) is 10.5. The molecule has 7 nitrogen and oxygen atoms in total. The molecule has 4 aliphatic rings. The second-order valence-corrected chi connectivity index (χ2v) is 6.89. The van der Waals surface area contributed by atoms with Crippen LogP contribution >= 0.6 is 0 Å². The van der Waals surface area contributed by atoms with Crippen molar-refractivity contribution in [2.45, 2.75) is 44.5 Å². The number of amides is 2. The molecule has 24 heavy (non-hydrogen) atoms. The number of carbonyl (C=O) groups excluding carboxylic acids is 3. The molecule has 4 rings (SSSR count). The number of likely N-dealkylation sites (tertiary alicyclic amines) is 1. The van der Waals surface area contributed by atoms with Gasteiger partial charge in [-0.2, -0.15) is 0 Å². The molecule has 2 aliphatic carbocycles. The van der Waals surface area contributed by atoms with E-state index in [-0.39, 0.29) is 49.5 Å². The number of imide groups is 1. The van der Waals surface area contributed by atoms with E-state index in [1.807, 2.05) is 6.08 Å². The van der Waals surface area contributed by atoms with Gasteiger partial charge in [0.25, 0.3) is 0 Å². The standard InChI is InChI=1S/C17H21NO6/c1-2-23-11(19)5-6-18-16(21)9-4-3-8-7-10-15(24-10)14(20)12(8)13(9)17(18)22/h3,9-10,12-15,20H,2,4-7H2,1H3/t9-,10-,12+,13-,14+,15-/m1/s1. The van der Waals surface area contributed by atoms with Crippen LogP contribution in [0.3, 0.4) is 0 Å². The van der Waals surface area contributed by atoms with Crippen molar-refractivity contribution in [3.8, 4) is 0 Å². The Labute approximate surface area is 139 Å². The van der Waals surface area contributed by atoms with Crippen molar-refractivity contribution in [2.75, 3.05) is 13.2 Å². The van der Waals surface area contributed by atoms with E-state index >= 15 is 0 Å². The molecule has 0 aromatic rings. The fourth-order valence-corrected chi connectivity index (χ4v) is 4.48. The van der Waals surface area contributed by atoms with E-state index < -0.39 is 23.9 Å². The van der Waals surface area contributed by atoms with Crippen LogP contribution in [0.2, 0.25) is 0 Å². The Bertz CT molecular complexity index is 629. The molecule has 0 bridgehead atoms. The number of allylic oxidation sites excluding steroid dienone is 1. The van der Waals surface area contributed by atoms with Crippen LogP contribution in [-0.2, 0) is 23.9 Å². The van der Waals surface area contributed by atoms with Crippen LogP contribution in [0.5, 0.6) is 0 Å². The Hall–Kier alpha value is -1.73. The molecule has 1 N–H and O–H groups in total. The van der Waals surface area contributed by atoms with Gasteiger partial charge in [-0.25, -0.2) is 0 Å². The number of epoxide rings is 1. The van der Waals surface area contributed by atoms with Gasteiger partial charge in [0, 0.05) is 12.5 Å². The smallest absolute Gasteiger partial charge is 0.307 e. The molecule has 6 atom stereocenters. The molecule has 0 unspecified atom stereocenters. The molecular formula is C17H21NO6. The number of esters is 1. The van der Waals surface area contributed by atoms with Crippen LogP contribution in [0.15, 0.2) is 11.6 Å². The van der Waals surface area contributed by atoms with Gasteiger partial charge in [0.15, 0.2) is 0 Å². The van der Waals surface area contributed by atoms with Crippen LogP contribution < -0.4 is 0 Å². The third kappa shape index (κ3) is 2.29. The molecule has 0 aromatic carbocycles. The average molecular weight is 335 g/mol. The first-order chi connectivity index (χ1) is 11.5. The topological polar surface area (TPSA) is 96.4 Å². The normalized spacial score (nSPS) is 39.8. The predicted molar refractivity (Wildman–Crippen MR) is 80.4 cm³/mol. The molecule has 0 radical (unpaired) electrons. The van der Waals surface area contributed by atoms with Gasteiger partial charge in [0.2, 0.25) is 11.8 Å². The summed E-state index contributed by atoms with van der Waals surface area (Å²) in [6, 6.07) is 0. The zero-order valence-corrected chi connectivity index (χ0v) is 13.5. The van der Waals surface area contributed by atoms with Gasteiger partial charge >= 0.3 is 5.97 Å². The van der Waals surface area contributed by atoms with Crippen LogP contribution in [-0.4, -0.2) is 59.3 Å². The highest BCUT2D eigenvalue weighted by Crippen LogP contribution is 2.52. The second kappa shape index (κ2) is 5.67. The molecular weight excluding hydrogens is 314 g/mol. The Kier molecular flexibility index (Phi) is 3.73. The maximum atomic E-state index is 12.8. The Morgan fingerprint density at radius 2 is 2.17 bits per heavy atom. The summed E-state index contributed by atoms with van der Waals surface area (Å²) < 4.78 is 10.3. The number of aliphatic hydroxyl groups is 1. The third-order valence-corrected chi connectivity index (χ3v) is 5.62. The molecule has 2 amide bonds. The molecule has 1 saturated carbocycles. The van der Waals surface area contributed by atoms with Crippen molar-refractivity contribution in [1.82, 2.24) is 4.90 Å². The molecule has 2 saturated heterocycles. The summed E-state index contributed by atoms with van der Waals surface area (Å²) in [5.41, 5.74) is 1.04. The number of aliphatic hydroxyl groups excluding tert-OH is 1. The van der Waals surface area contributed by atoms with Crippen molar-refractivity contribution >= 4 is 17.8 Å². The minimum Gasteiger partial charge on any atom is -0.466 e. The fraction of sp³-hybridized carbons (Fsp3) is 0.706. The number of hydrogen-bond donors (Lipinski definition) is 1. The van der Waals surface area contributed by atoms with E-state index in [0.29, 0.717) is 6.42 Å².